The highest BCUT2D eigenvalue weighted by Gasteiger charge is 2.33. The molecule has 0 aliphatic heterocycles. The lowest BCUT2D eigenvalue weighted by molar-refractivity contribution is 0.354. The first kappa shape index (κ1) is 12.6. The van der Waals surface area contributed by atoms with Crippen LogP contribution in [0, 0.1) is 0 Å². The monoisotopic (exact) mass is 277 g/mol. The van der Waals surface area contributed by atoms with E-state index in [4.69, 9.17) is 21.9 Å². The zero-order chi connectivity index (χ0) is 13.5. The summed E-state index contributed by atoms with van der Waals surface area (Å²) in [7, 11) is 0. The van der Waals surface area contributed by atoms with Crippen molar-refractivity contribution in [2.24, 2.45) is 5.73 Å². The summed E-state index contributed by atoms with van der Waals surface area (Å²) >= 11 is 5.87. The van der Waals surface area contributed by atoms with Crippen LogP contribution in [0.4, 0.5) is 0 Å². The van der Waals surface area contributed by atoms with Crippen LogP contribution in [-0.2, 0) is 12.0 Å². The van der Waals surface area contributed by atoms with Crippen molar-refractivity contribution in [3.8, 4) is 0 Å². The molecule has 0 saturated heterocycles. The Morgan fingerprint density at radius 3 is 2.68 bits per heavy atom. The minimum atomic E-state index is -0.634. The van der Waals surface area contributed by atoms with Gasteiger partial charge in [-0.15, -0.1) is 0 Å². The fourth-order valence-electron chi connectivity index (χ4n) is 2.07. The van der Waals surface area contributed by atoms with Gasteiger partial charge < -0.3 is 10.3 Å². The van der Waals surface area contributed by atoms with E-state index in [1.54, 1.807) is 0 Å². The molecular weight excluding hydrogens is 262 g/mol. The van der Waals surface area contributed by atoms with Crippen LogP contribution in [0.2, 0.25) is 5.02 Å². The second-order valence-corrected chi connectivity index (χ2v) is 5.89. The number of nitrogens with zero attached hydrogens (tertiary/aromatic N) is 2. The number of halogens is 1. The van der Waals surface area contributed by atoms with Crippen LogP contribution in [0.25, 0.3) is 0 Å². The maximum absolute atomic E-state index is 6.32. The Bertz CT molecular complexity index is 573. The van der Waals surface area contributed by atoms with Crippen molar-refractivity contribution in [2.75, 3.05) is 0 Å². The average molecular weight is 278 g/mol. The number of nitrogens with two attached hydrogens (primary N) is 1. The third-order valence-electron chi connectivity index (χ3n) is 3.36. The zero-order valence-corrected chi connectivity index (χ0v) is 11.5. The molecular formula is C14H16ClN3O. The van der Waals surface area contributed by atoms with E-state index < -0.39 is 5.54 Å². The van der Waals surface area contributed by atoms with E-state index in [1.165, 1.54) is 0 Å². The van der Waals surface area contributed by atoms with Gasteiger partial charge in [-0.25, -0.2) is 0 Å². The average Bonchev–Trinajstić information content (AvgIpc) is 3.09. The largest absolute Gasteiger partial charge is 0.339 e. The van der Waals surface area contributed by atoms with E-state index in [0.29, 0.717) is 18.2 Å². The predicted molar refractivity (Wildman–Crippen MR) is 73.0 cm³/mol. The van der Waals surface area contributed by atoms with Crippen LogP contribution in [-0.4, -0.2) is 10.1 Å². The van der Waals surface area contributed by atoms with Gasteiger partial charge in [0.05, 0.1) is 5.54 Å². The van der Waals surface area contributed by atoms with E-state index in [2.05, 4.69) is 10.1 Å². The fraction of sp³-hybridized carbons (Fsp3) is 0.429. The molecule has 1 aliphatic carbocycles. The summed E-state index contributed by atoms with van der Waals surface area (Å²) in [6.07, 6.45) is 2.92. The van der Waals surface area contributed by atoms with E-state index in [9.17, 15) is 0 Å². The summed E-state index contributed by atoms with van der Waals surface area (Å²) in [6.45, 7) is 1.92. The summed E-state index contributed by atoms with van der Waals surface area (Å²) in [5.41, 5.74) is 6.79. The Morgan fingerprint density at radius 1 is 1.37 bits per heavy atom. The summed E-state index contributed by atoms with van der Waals surface area (Å²) < 4.78 is 5.27. The molecule has 1 heterocycles. The highest BCUT2D eigenvalue weighted by molar-refractivity contribution is 6.30. The molecule has 3 rings (SSSR count). The van der Waals surface area contributed by atoms with Crippen molar-refractivity contribution >= 4 is 11.6 Å². The minimum Gasteiger partial charge on any atom is -0.339 e. The fourth-order valence-corrected chi connectivity index (χ4v) is 2.19. The van der Waals surface area contributed by atoms with Gasteiger partial charge in [-0.1, -0.05) is 28.9 Å². The maximum Gasteiger partial charge on any atom is 0.229 e. The molecule has 4 nitrogen and oxygen atoms in total. The van der Waals surface area contributed by atoms with Crippen molar-refractivity contribution in [1.29, 1.82) is 0 Å². The second kappa shape index (κ2) is 4.62. The molecule has 5 heteroatoms. The Kier molecular flexibility index (Phi) is 3.07. The van der Waals surface area contributed by atoms with Gasteiger partial charge >= 0.3 is 0 Å². The van der Waals surface area contributed by atoms with Gasteiger partial charge in [0.25, 0.3) is 0 Å². The highest BCUT2D eigenvalue weighted by Crippen LogP contribution is 2.39. The quantitative estimate of drug-likeness (QED) is 0.933. The van der Waals surface area contributed by atoms with Crippen molar-refractivity contribution in [3.63, 3.8) is 0 Å². The molecule has 1 saturated carbocycles. The van der Waals surface area contributed by atoms with Gasteiger partial charge in [0.15, 0.2) is 5.82 Å². The number of rotatable bonds is 4. The van der Waals surface area contributed by atoms with Crippen LogP contribution >= 0.6 is 11.6 Å². The Balaban J connectivity index is 1.78. The zero-order valence-electron chi connectivity index (χ0n) is 10.8. The molecule has 1 unspecified atom stereocenters. The lowest BCUT2D eigenvalue weighted by Crippen LogP contribution is -2.36. The smallest absolute Gasteiger partial charge is 0.229 e. The minimum absolute atomic E-state index is 0.451. The van der Waals surface area contributed by atoms with Crippen LogP contribution in [0.5, 0.6) is 0 Å². The first-order valence-corrected chi connectivity index (χ1v) is 6.80. The van der Waals surface area contributed by atoms with Gasteiger partial charge in [-0.05, 0) is 43.9 Å². The highest BCUT2D eigenvalue weighted by atomic mass is 35.5. The molecule has 1 atom stereocenters. The standard InChI is InChI=1S/C14H16ClN3O/c1-14(16,8-9-2-6-11(15)7-3-9)13-17-12(19-18-13)10-4-5-10/h2-3,6-7,10H,4-5,8,16H2,1H3. The third kappa shape index (κ3) is 2.80. The lowest BCUT2D eigenvalue weighted by atomic mass is 9.93. The molecule has 0 bridgehead atoms. The normalized spacial score (nSPS) is 18.3. The van der Waals surface area contributed by atoms with E-state index >= 15 is 0 Å². The number of hydrogen-bond acceptors (Lipinski definition) is 4. The summed E-state index contributed by atoms with van der Waals surface area (Å²) in [5.74, 6) is 1.75. The number of hydrogen-bond donors (Lipinski definition) is 1. The Hall–Kier alpha value is -1.39. The lowest BCUT2D eigenvalue weighted by Gasteiger charge is -2.20. The predicted octanol–water partition coefficient (Wildman–Crippen LogP) is 3.02. The Morgan fingerprint density at radius 2 is 2.05 bits per heavy atom. The van der Waals surface area contributed by atoms with Crippen LogP contribution < -0.4 is 5.73 Å². The topological polar surface area (TPSA) is 64.9 Å². The van der Waals surface area contributed by atoms with Gasteiger partial charge in [0, 0.05) is 10.9 Å². The van der Waals surface area contributed by atoms with Gasteiger partial charge in [-0.2, -0.15) is 4.98 Å². The van der Waals surface area contributed by atoms with Crippen LogP contribution in [0.3, 0.4) is 0 Å². The molecule has 19 heavy (non-hydrogen) atoms. The van der Waals surface area contributed by atoms with Crippen molar-refractivity contribution in [1.82, 2.24) is 10.1 Å². The van der Waals surface area contributed by atoms with Crippen LogP contribution in [0.1, 0.15) is 43.0 Å². The van der Waals surface area contributed by atoms with E-state index in [0.717, 1.165) is 29.3 Å². The van der Waals surface area contributed by atoms with Gasteiger partial charge in [-0.3, -0.25) is 0 Å². The van der Waals surface area contributed by atoms with Crippen LogP contribution in [0.15, 0.2) is 28.8 Å². The first-order valence-electron chi connectivity index (χ1n) is 6.42. The first-order chi connectivity index (χ1) is 9.04. The maximum atomic E-state index is 6.32. The number of aromatic nitrogens is 2. The summed E-state index contributed by atoms with van der Waals surface area (Å²) in [6, 6.07) is 7.66. The molecule has 1 aliphatic rings. The molecule has 100 valence electrons. The molecule has 0 amide bonds. The SMILES string of the molecule is CC(N)(Cc1ccc(Cl)cc1)c1noc(C2CC2)n1. The van der Waals surface area contributed by atoms with Crippen molar-refractivity contribution in [2.45, 2.75) is 37.6 Å². The van der Waals surface area contributed by atoms with E-state index in [-0.39, 0.29) is 0 Å². The van der Waals surface area contributed by atoms with Crippen molar-refractivity contribution < 1.29 is 4.52 Å². The van der Waals surface area contributed by atoms with Crippen molar-refractivity contribution in [3.05, 3.63) is 46.6 Å². The Labute approximate surface area is 117 Å². The number of benzene rings is 1. The summed E-state index contributed by atoms with van der Waals surface area (Å²) in [4.78, 5) is 4.43. The molecule has 2 aromatic rings. The molecule has 2 N–H and O–H groups in total. The molecule has 1 aromatic heterocycles. The third-order valence-corrected chi connectivity index (χ3v) is 3.62. The van der Waals surface area contributed by atoms with E-state index in [1.807, 2.05) is 31.2 Å². The molecule has 0 radical (unpaired) electrons. The van der Waals surface area contributed by atoms with Gasteiger partial charge in [0.2, 0.25) is 5.89 Å². The van der Waals surface area contributed by atoms with Gasteiger partial charge in [0.1, 0.15) is 0 Å². The summed E-state index contributed by atoms with van der Waals surface area (Å²) in [5, 5.41) is 4.75. The second-order valence-electron chi connectivity index (χ2n) is 5.45. The molecule has 1 fully saturated rings. The molecule has 1 aromatic carbocycles. The molecule has 0 spiro atoms.